The minimum absolute atomic E-state index is 0. The summed E-state index contributed by atoms with van der Waals surface area (Å²) < 4.78 is 42.4. The van der Waals surface area contributed by atoms with Crippen LogP contribution in [0.15, 0.2) is 23.3 Å². The van der Waals surface area contributed by atoms with E-state index in [9.17, 15) is 18.0 Å². The molecule has 1 fully saturated rings. The van der Waals surface area contributed by atoms with E-state index in [0.29, 0.717) is 25.3 Å². The van der Waals surface area contributed by atoms with Crippen molar-refractivity contribution in [3.8, 4) is 0 Å². The molecule has 1 aromatic heterocycles. The molecule has 2 rings (SSSR count). The number of carbonyl (C=O) groups is 1. The number of anilines is 1. The second-order valence-electron chi connectivity index (χ2n) is 6.73. The zero-order valence-corrected chi connectivity index (χ0v) is 19.5. The SMILES string of the molecule is CCNC(=NCCCNc1ccc(C(F)(F)F)cn1)N1CCC(C(=O)OC)CC1.I. The fraction of sp³-hybridized carbons (Fsp3) is 0.632. The van der Waals surface area contributed by atoms with Crippen molar-refractivity contribution < 1.29 is 22.7 Å². The van der Waals surface area contributed by atoms with Gasteiger partial charge in [0, 0.05) is 38.9 Å². The Morgan fingerprint density at radius 3 is 2.57 bits per heavy atom. The molecule has 0 aromatic carbocycles. The Balaban J connectivity index is 0.00000450. The third-order valence-electron chi connectivity index (χ3n) is 4.66. The molecule has 0 amide bonds. The average molecular weight is 543 g/mol. The Hall–Kier alpha value is -1.79. The number of esters is 1. The molecule has 0 bridgehead atoms. The van der Waals surface area contributed by atoms with Crippen LogP contribution in [0.5, 0.6) is 0 Å². The van der Waals surface area contributed by atoms with E-state index in [2.05, 4.69) is 25.5 Å². The number of pyridine rings is 1. The minimum Gasteiger partial charge on any atom is -0.469 e. The van der Waals surface area contributed by atoms with Gasteiger partial charge in [0.15, 0.2) is 5.96 Å². The Morgan fingerprint density at radius 1 is 1.33 bits per heavy atom. The molecule has 2 heterocycles. The number of alkyl halides is 3. The lowest BCUT2D eigenvalue weighted by Gasteiger charge is -2.33. The van der Waals surface area contributed by atoms with Gasteiger partial charge in [-0.2, -0.15) is 13.2 Å². The van der Waals surface area contributed by atoms with Crippen LogP contribution in [0.1, 0.15) is 31.7 Å². The predicted octanol–water partition coefficient (Wildman–Crippen LogP) is 3.37. The van der Waals surface area contributed by atoms with E-state index in [1.807, 2.05) is 6.92 Å². The van der Waals surface area contributed by atoms with Crippen LogP contribution in [0, 0.1) is 5.92 Å². The third kappa shape index (κ3) is 8.15. The number of rotatable bonds is 7. The number of guanidine groups is 1. The second kappa shape index (κ2) is 12.8. The first-order valence-electron chi connectivity index (χ1n) is 9.73. The maximum absolute atomic E-state index is 12.5. The van der Waals surface area contributed by atoms with E-state index in [4.69, 9.17) is 4.74 Å². The fourth-order valence-corrected chi connectivity index (χ4v) is 3.07. The number of carbonyl (C=O) groups excluding carboxylic acids is 1. The number of aliphatic imine (C=N–C) groups is 1. The van der Waals surface area contributed by atoms with Gasteiger partial charge in [-0.1, -0.05) is 0 Å². The summed E-state index contributed by atoms with van der Waals surface area (Å²) in [7, 11) is 1.41. The summed E-state index contributed by atoms with van der Waals surface area (Å²) in [5, 5.41) is 6.26. The molecule has 0 aliphatic carbocycles. The van der Waals surface area contributed by atoms with Gasteiger partial charge in [-0.3, -0.25) is 9.79 Å². The van der Waals surface area contributed by atoms with Crippen molar-refractivity contribution in [1.82, 2.24) is 15.2 Å². The van der Waals surface area contributed by atoms with Crippen LogP contribution in [0.2, 0.25) is 0 Å². The Labute approximate surface area is 191 Å². The molecule has 1 saturated heterocycles. The lowest BCUT2D eigenvalue weighted by Crippen LogP contribution is -2.46. The highest BCUT2D eigenvalue weighted by molar-refractivity contribution is 14.0. The van der Waals surface area contributed by atoms with Gasteiger partial charge in [0.25, 0.3) is 0 Å². The Bertz CT molecular complexity index is 678. The second-order valence-corrected chi connectivity index (χ2v) is 6.73. The smallest absolute Gasteiger partial charge is 0.417 e. The summed E-state index contributed by atoms with van der Waals surface area (Å²) in [5.41, 5.74) is -0.765. The molecular formula is C19H29F3IN5O2. The van der Waals surface area contributed by atoms with E-state index >= 15 is 0 Å². The molecule has 30 heavy (non-hydrogen) atoms. The summed E-state index contributed by atoms with van der Waals surface area (Å²) in [6, 6.07) is 2.33. The number of piperidine rings is 1. The van der Waals surface area contributed by atoms with Crippen LogP contribution < -0.4 is 10.6 Å². The number of hydrogen-bond donors (Lipinski definition) is 2. The van der Waals surface area contributed by atoms with Crippen molar-refractivity contribution in [2.75, 3.05) is 45.2 Å². The molecule has 0 spiro atoms. The van der Waals surface area contributed by atoms with Crippen molar-refractivity contribution in [3.05, 3.63) is 23.9 Å². The number of hydrogen-bond acceptors (Lipinski definition) is 5. The summed E-state index contributed by atoms with van der Waals surface area (Å²) in [5.74, 6) is 0.997. The van der Waals surface area contributed by atoms with Crippen LogP contribution in [-0.2, 0) is 15.7 Å². The lowest BCUT2D eigenvalue weighted by molar-refractivity contribution is -0.146. The van der Waals surface area contributed by atoms with E-state index in [1.54, 1.807) is 0 Å². The highest BCUT2D eigenvalue weighted by Crippen LogP contribution is 2.28. The van der Waals surface area contributed by atoms with Crippen LogP contribution in [0.4, 0.5) is 19.0 Å². The predicted molar refractivity (Wildman–Crippen MR) is 120 cm³/mol. The standard InChI is InChI=1S/C19H28F3N5O2.HI/c1-3-23-18(27-11-7-14(8-12-27)17(28)29-2)25-10-4-9-24-16-6-5-15(13-26-16)19(20,21)22;/h5-6,13-14H,3-4,7-12H2,1-2H3,(H,23,25)(H,24,26);1H. The van der Waals surface area contributed by atoms with Crippen molar-refractivity contribution in [2.24, 2.45) is 10.9 Å². The van der Waals surface area contributed by atoms with Crippen molar-refractivity contribution in [1.29, 1.82) is 0 Å². The normalized spacial score (nSPS) is 15.4. The molecule has 7 nitrogen and oxygen atoms in total. The highest BCUT2D eigenvalue weighted by atomic mass is 127. The first kappa shape index (κ1) is 26.2. The van der Waals surface area contributed by atoms with E-state index in [-0.39, 0.29) is 35.9 Å². The van der Waals surface area contributed by atoms with Crippen molar-refractivity contribution in [3.63, 3.8) is 0 Å². The van der Waals surface area contributed by atoms with Gasteiger partial charge in [0.2, 0.25) is 0 Å². The number of nitrogens with zero attached hydrogens (tertiary/aromatic N) is 3. The molecule has 1 aliphatic heterocycles. The summed E-state index contributed by atoms with van der Waals surface area (Å²) in [6.07, 6.45) is -1.39. The van der Waals surface area contributed by atoms with Gasteiger partial charge >= 0.3 is 12.1 Å². The fourth-order valence-electron chi connectivity index (χ4n) is 3.07. The molecule has 1 aromatic rings. The number of halogens is 4. The molecule has 0 radical (unpaired) electrons. The molecule has 0 saturated carbocycles. The van der Waals surface area contributed by atoms with Crippen LogP contribution in [0.25, 0.3) is 0 Å². The number of ether oxygens (including phenoxy) is 1. The zero-order chi connectivity index (χ0) is 21.3. The first-order valence-corrected chi connectivity index (χ1v) is 9.73. The van der Waals surface area contributed by atoms with Gasteiger partial charge in [0.05, 0.1) is 18.6 Å². The van der Waals surface area contributed by atoms with Crippen LogP contribution in [0.3, 0.4) is 0 Å². The van der Waals surface area contributed by atoms with E-state index < -0.39 is 11.7 Å². The molecule has 0 unspecified atom stereocenters. The lowest BCUT2D eigenvalue weighted by atomic mass is 9.97. The zero-order valence-electron chi connectivity index (χ0n) is 17.2. The maximum Gasteiger partial charge on any atom is 0.417 e. The van der Waals surface area contributed by atoms with Crippen LogP contribution in [-0.4, -0.2) is 61.6 Å². The van der Waals surface area contributed by atoms with Gasteiger partial charge in [0.1, 0.15) is 5.82 Å². The number of aromatic nitrogens is 1. The van der Waals surface area contributed by atoms with Crippen LogP contribution >= 0.6 is 24.0 Å². The topological polar surface area (TPSA) is 78.9 Å². The van der Waals surface area contributed by atoms with E-state index in [1.165, 1.54) is 13.2 Å². The molecule has 1 aliphatic rings. The summed E-state index contributed by atoms with van der Waals surface area (Å²) in [6.45, 7) is 5.31. The maximum atomic E-state index is 12.5. The minimum atomic E-state index is -4.38. The Morgan fingerprint density at radius 2 is 2.03 bits per heavy atom. The number of methoxy groups -OCH3 is 1. The molecule has 170 valence electrons. The van der Waals surface area contributed by atoms with Gasteiger partial charge < -0.3 is 20.3 Å². The Kier molecular flexibility index (Phi) is 11.2. The quantitative estimate of drug-likeness (QED) is 0.181. The molecule has 0 atom stereocenters. The third-order valence-corrected chi connectivity index (χ3v) is 4.66. The summed E-state index contributed by atoms with van der Waals surface area (Å²) >= 11 is 0. The van der Waals surface area contributed by atoms with Crippen molar-refractivity contribution in [2.45, 2.75) is 32.4 Å². The van der Waals surface area contributed by atoms with Gasteiger partial charge in [-0.25, -0.2) is 4.98 Å². The van der Waals surface area contributed by atoms with Gasteiger partial charge in [-0.15, -0.1) is 24.0 Å². The first-order chi connectivity index (χ1) is 13.8. The highest BCUT2D eigenvalue weighted by Gasteiger charge is 2.30. The van der Waals surface area contributed by atoms with Gasteiger partial charge in [-0.05, 0) is 38.3 Å². The molecule has 11 heteroatoms. The number of nitrogens with one attached hydrogen (secondary N) is 2. The summed E-state index contributed by atoms with van der Waals surface area (Å²) in [4.78, 5) is 22.2. The number of likely N-dealkylation sites (tertiary alicyclic amines) is 1. The van der Waals surface area contributed by atoms with E-state index in [0.717, 1.165) is 50.7 Å². The monoisotopic (exact) mass is 543 g/mol. The molecule has 2 N–H and O–H groups in total. The largest absolute Gasteiger partial charge is 0.469 e. The average Bonchev–Trinajstić information content (AvgIpc) is 2.72. The van der Waals surface area contributed by atoms with Crippen molar-refractivity contribution >= 4 is 41.7 Å². The molecular weight excluding hydrogens is 514 g/mol.